The van der Waals surface area contributed by atoms with E-state index in [0.717, 1.165) is 0 Å². The van der Waals surface area contributed by atoms with E-state index in [0.29, 0.717) is 0 Å². The van der Waals surface area contributed by atoms with Crippen LogP contribution in [0.25, 0.3) is 0 Å². The Balaban J connectivity index is 1.18. The Morgan fingerprint density at radius 3 is 0.585 bits per heavy atom. The molecule has 46 atom stereocenters. The summed E-state index contributed by atoms with van der Waals surface area (Å²) in [5, 5.41) is 333. The van der Waals surface area contributed by atoms with Crippen molar-refractivity contribution in [2.75, 3.05) is 106 Å². The summed E-state index contributed by atoms with van der Waals surface area (Å²) in [5.74, 6) is -14.0. The SMILES string of the molecule is O=C(O)C(CCO)OCC1OC2OC3C(COC(CCO)C(=O)O)OC(OC4C(O)CC(OC4COC(CCO)C(=O)O)OC4C(COC(CCO)C(=O)O)OC(OC5C(COC(CCO)C(=O)O)OC(OC6C(COC(CCO)C(=O)O)OC(OC7C(COC(CCO)C(=O)O)OC(OC8C(COC(CCO)C(=O)O)OC(OC1CC2O)C(O)C8O)C(O)C7O)C(O)C6O)C(O)C5O)C(O)C4O)C(O)C3O. The van der Waals surface area contributed by atoms with Crippen molar-refractivity contribution in [1.29, 1.82) is 0 Å². The Kier molecular flexibility index (Phi) is 48.0. The van der Waals surface area contributed by atoms with E-state index in [2.05, 4.69) is 0 Å². The highest BCUT2D eigenvalue weighted by molar-refractivity contribution is 5.75. The van der Waals surface area contributed by atoms with Gasteiger partial charge in [-0.2, -0.15) is 0 Å². The summed E-state index contributed by atoms with van der Waals surface area (Å²) >= 11 is 0. The average molecular weight is 2080 g/mol. The van der Waals surface area contributed by atoms with Crippen LogP contribution in [-0.2, 0) is 152 Å². The molecule has 0 radical (unpaired) electrons. The van der Waals surface area contributed by atoms with Gasteiger partial charge in [-0.05, 0) is 0 Å². The maximum atomic E-state index is 12.6. The van der Waals surface area contributed by atoms with Gasteiger partial charge in [0.1, 0.15) is 171 Å². The van der Waals surface area contributed by atoms with Crippen LogP contribution in [0.3, 0.4) is 0 Å². The number of aliphatic hydroxyl groups excluding tert-OH is 22. The van der Waals surface area contributed by atoms with Crippen LogP contribution >= 0.6 is 0 Å². The molecule has 30 aliphatic rings. The monoisotopic (exact) mass is 2080 g/mol. The molecule has 62 heteroatoms. The van der Waals surface area contributed by atoms with Crippen molar-refractivity contribution in [3.8, 4) is 0 Å². The minimum Gasteiger partial charge on any atom is -0.479 e. The zero-order valence-electron chi connectivity index (χ0n) is 75.4. The van der Waals surface area contributed by atoms with E-state index in [4.69, 9.17) is 114 Å². The lowest BCUT2D eigenvalue weighted by atomic mass is 9.95. The van der Waals surface area contributed by atoms with Gasteiger partial charge in [0.2, 0.25) is 0 Å². The molecule has 30 rings (SSSR count). The van der Waals surface area contributed by atoms with Crippen LogP contribution in [-0.4, -0.2) is 589 Å². The summed E-state index contributed by atoms with van der Waals surface area (Å²) in [4.78, 5) is 101. The fraction of sp³-hybridized carbons (Fsp3) is 0.900. The maximum Gasteiger partial charge on any atom is 0.332 e. The third-order valence-electron chi connectivity index (χ3n) is 24.3. The molecule has 30 heterocycles. The van der Waals surface area contributed by atoms with Crippen molar-refractivity contribution >= 4 is 47.8 Å². The minimum atomic E-state index is -2.67. The molecule has 30 N–H and O–H groups in total. The lowest BCUT2D eigenvalue weighted by molar-refractivity contribution is -0.400. The Morgan fingerprint density at radius 1 is 0.197 bits per heavy atom. The molecular formula is C80H128O62. The molecule has 30 aliphatic heterocycles. The van der Waals surface area contributed by atoms with E-state index < -0.39 is 500 Å². The predicted molar refractivity (Wildman–Crippen MR) is 434 cm³/mol. The van der Waals surface area contributed by atoms with Gasteiger partial charge in [0.05, 0.1) is 65.1 Å². The molecule has 0 aromatic heterocycles. The van der Waals surface area contributed by atoms with E-state index in [-0.39, 0.29) is 0 Å². The largest absolute Gasteiger partial charge is 0.479 e. The van der Waals surface area contributed by atoms with Gasteiger partial charge in [0.25, 0.3) is 0 Å². The summed E-state index contributed by atoms with van der Waals surface area (Å²) in [7, 11) is 0. The third-order valence-corrected chi connectivity index (χ3v) is 24.3. The van der Waals surface area contributed by atoms with Crippen LogP contribution in [0.15, 0.2) is 0 Å². The molecule has 142 heavy (non-hydrogen) atoms. The third kappa shape index (κ3) is 31.5. The molecule has 46 unspecified atom stereocenters. The summed E-state index contributed by atoms with van der Waals surface area (Å²) in [6.45, 7) is -16.1. The first kappa shape index (κ1) is 119. The van der Waals surface area contributed by atoms with Crippen LogP contribution in [0, 0.1) is 0 Å². The molecule has 0 aliphatic carbocycles. The number of carboxylic acid groups (broad SMARTS) is 8. The van der Waals surface area contributed by atoms with Gasteiger partial charge in [-0.1, -0.05) is 0 Å². The fourth-order valence-electron chi connectivity index (χ4n) is 16.6. The van der Waals surface area contributed by atoms with Gasteiger partial charge in [-0.25, -0.2) is 38.4 Å². The Labute approximate surface area is 802 Å². The predicted octanol–water partition coefficient (Wildman–Crippen LogP) is -16.5. The minimum absolute atomic E-state index is 0.648. The molecular weight excluding hydrogens is 1950 g/mol. The van der Waals surface area contributed by atoms with Crippen molar-refractivity contribution in [2.45, 2.75) is 346 Å². The van der Waals surface area contributed by atoms with Gasteiger partial charge in [-0.15, -0.1) is 0 Å². The van der Waals surface area contributed by atoms with Gasteiger partial charge in [-0.3, -0.25) is 0 Å². The molecule has 0 aromatic rings. The summed E-state index contributed by atoms with van der Waals surface area (Å²) in [6, 6.07) is 0. The topological polar surface area (TPSA) is 965 Å². The van der Waals surface area contributed by atoms with Crippen molar-refractivity contribution in [1.82, 2.24) is 0 Å². The molecule has 820 valence electrons. The molecule has 0 amide bonds. The summed E-state index contributed by atoms with van der Waals surface area (Å²) < 4.78 is 143. The summed E-state index contributed by atoms with van der Waals surface area (Å²) in [5.41, 5.74) is 0. The second kappa shape index (κ2) is 57.1. The zero-order valence-corrected chi connectivity index (χ0v) is 75.4. The normalized spacial score (nSPS) is 39.4. The van der Waals surface area contributed by atoms with Gasteiger partial charge >= 0.3 is 47.8 Å². The number of hydrogen-bond donors (Lipinski definition) is 30. The summed E-state index contributed by atoms with van der Waals surface area (Å²) in [6.07, 6.45) is -113. The van der Waals surface area contributed by atoms with E-state index in [1.807, 2.05) is 0 Å². The number of hydrogen-bond acceptors (Lipinski definition) is 54. The maximum absolute atomic E-state index is 12.6. The number of ether oxygens (including phenoxy) is 24. The smallest absolute Gasteiger partial charge is 0.332 e. The Hall–Kier alpha value is -6.08. The number of rotatable bonds is 48. The number of carboxylic acids is 8. The lowest BCUT2D eigenvalue weighted by Crippen LogP contribution is -2.68. The van der Waals surface area contributed by atoms with Crippen LogP contribution < -0.4 is 0 Å². The van der Waals surface area contributed by atoms with E-state index in [1.165, 1.54) is 0 Å². The second-order valence-corrected chi connectivity index (χ2v) is 34.2. The second-order valence-electron chi connectivity index (χ2n) is 34.2. The molecule has 0 spiro atoms. The van der Waals surface area contributed by atoms with Crippen LogP contribution in [0.2, 0.25) is 0 Å². The molecule has 0 aromatic carbocycles. The highest BCUT2D eigenvalue weighted by Crippen LogP contribution is 2.42. The highest BCUT2D eigenvalue weighted by Gasteiger charge is 2.61. The van der Waals surface area contributed by atoms with Gasteiger partial charge in [0, 0.05) is 117 Å². The Morgan fingerprint density at radius 2 is 0.373 bits per heavy atom. The molecule has 16 bridgehead atoms. The quantitative estimate of drug-likeness (QED) is 0.0269. The van der Waals surface area contributed by atoms with Crippen molar-refractivity contribution in [3.05, 3.63) is 0 Å². The van der Waals surface area contributed by atoms with E-state index in [1.54, 1.807) is 0 Å². The lowest BCUT2D eigenvalue weighted by Gasteiger charge is -2.50. The highest BCUT2D eigenvalue weighted by atomic mass is 16.8. The van der Waals surface area contributed by atoms with Crippen molar-refractivity contribution < 1.29 is 305 Å². The van der Waals surface area contributed by atoms with Gasteiger partial charge < -0.3 is 267 Å². The van der Waals surface area contributed by atoms with Crippen molar-refractivity contribution in [3.63, 3.8) is 0 Å². The molecule has 30 saturated heterocycles. The molecule has 30 fully saturated rings. The first-order valence-electron chi connectivity index (χ1n) is 45.1. The first-order chi connectivity index (χ1) is 67.5. The standard InChI is InChI=1S/C80H128O62/c81-9-1-29(66(103)104)119-19-38-37-17-28(90)74(129-38)138-61-41(22-122-32(4-12-84)69(109)110)132-76(55(99)49(61)93)137-59-27(89)18-46(127-39(59)20-120-30(2-10-82)67(105)106)136-60-40(21-121-31(3-11-83)68(107)108)131-77(54(98)47(60)91)140-63-43(24-124-34(6-14-86)71(113)114)134-79(57(101)50(63)94)142-65-45(26-126-36(8-16-88)73(117)118)135-80(58(102)52(65)96)141-64-44(25-125-35(7-15-87)72(115)116)133-78(56(100)51(64)95)139-62-42(23-123-33(5-13-85)70(111)112)130-75(128-37)53(97)48(62)92/h27-65,74-102H,1-26H2,(H,103,104)(H,105,106)(H,107,108)(H,109,110)(H,111,112)(H,113,114)(H,115,116)(H,117,118). The molecule has 62 nitrogen and oxygen atoms in total. The fourth-order valence-corrected chi connectivity index (χ4v) is 16.6. The van der Waals surface area contributed by atoms with Gasteiger partial charge in [0.15, 0.2) is 99.2 Å². The van der Waals surface area contributed by atoms with E-state index in [9.17, 15) is 192 Å². The van der Waals surface area contributed by atoms with Crippen molar-refractivity contribution in [2.24, 2.45) is 0 Å². The zero-order chi connectivity index (χ0) is 105. The van der Waals surface area contributed by atoms with Crippen LogP contribution in [0.1, 0.15) is 64.2 Å². The van der Waals surface area contributed by atoms with E-state index >= 15 is 0 Å². The number of aliphatic carboxylic acids is 8. The Bertz CT molecular complexity index is 3830. The van der Waals surface area contributed by atoms with Crippen LogP contribution in [0.5, 0.6) is 0 Å². The first-order valence-corrected chi connectivity index (χ1v) is 45.1. The molecule has 0 saturated carbocycles. The number of carbonyl (C=O) groups is 8. The average Bonchev–Trinajstić information content (AvgIpc) is 0.765. The van der Waals surface area contributed by atoms with Crippen LogP contribution in [0.4, 0.5) is 0 Å². The number of aliphatic hydroxyl groups is 22.